The van der Waals surface area contributed by atoms with Crippen molar-refractivity contribution in [1.82, 2.24) is 9.88 Å². The molecule has 2 rings (SSSR count). The first kappa shape index (κ1) is 21.4. The lowest BCUT2D eigenvalue weighted by molar-refractivity contribution is -0.137. The Morgan fingerprint density at radius 3 is 2.61 bits per heavy atom. The fourth-order valence-corrected chi connectivity index (χ4v) is 2.74. The number of carbonyl (C=O) groups excluding carboxylic acids is 1. The zero-order valence-electron chi connectivity index (χ0n) is 15.5. The van der Waals surface area contributed by atoms with Gasteiger partial charge in [-0.25, -0.2) is 4.98 Å². The fourth-order valence-electron chi connectivity index (χ4n) is 2.48. The van der Waals surface area contributed by atoms with Gasteiger partial charge in [-0.1, -0.05) is 34.2 Å². The molecule has 0 unspecified atom stereocenters. The van der Waals surface area contributed by atoms with E-state index in [4.69, 9.17) is 15.3 Å². The van der Waals surface area contributed by atoms with E-state index in [1.54, 1.807) is 13.0 Å². The van der Waals surface area contributed by atoms with Crippen LogP contribution in [0.2, 0.25) is 0 Å². The van der Waals surface area contributed by atoms with Crippen molar-refractivity contribution in [2.75, 3.05) is 13.1 Å². The Hall–Kier alpha value is -2.87. The lowest BCUT2D eigenvalue weighted by atomic mass is 10.2. The van der Waals surface area contributed by atoms with E-state index in [-0.39, 0.29) is 12.2 Å². The topological polar surface area (TPSA) is 110 Å². The van der Waals surface area contributed by atoms with Crippen molar-refractivity contribution in [3.05, 3.63) is 64.6 Å². The van der Waals surface area contributed by atoms with Gasteiger partial charge in [0.05, 0.1) is 0 Å². The van der Waals surface area contributed by atoms with Crippen LogP contribution in [0, 0.1) is 6.92 Å². The van der Waals surface area contributed by atoms with Gasteiger partial charge in [0.25, 0.3) is 5.91 Å². The number of aromatic nitrogens is 1. The molecule has 28 heavy (non-hydrogen) atoms. The van der Waals surface area contributed by atoms with E-state index in [2.05, 4.69) is 20.9 Å². The first-order chi connectivity index (χ1) is 13.4. The second-order valence-corrected chi connectivity index (χ2v) is 6.89. The van der Waals surface area contributed by atoms with Crippen molar-refractivity contribution in [1.29, 1.82) is 0 Å². The van der Waals surface area contributed by atoms with E-state index in [1.165, 1.54) is 11.1 Å². The Balaban J connectivity index is 2.15. The molecular weight excluding hydrogens is 426 g/mol. The third kappa shape index (κ3) is 6.09. The predicted octanol–water partition coefficient (Wildman–Crippen LogP) is 3.75. The molecule has 8 heteroatoms. The number of aryl methyl sites for hydroxylation is 1. The lowest BCUT2D eigenvalue weighted by Crippen LogP contribution is -2.36. The van der Waals surface area contributed by atoms with E-state index in [0.29, 0.717) is 24.5 Å². The number of amides is 1. The van der Waals surface area contributed by atoms with E-state index >= 15 is 0 Å². The van der Waals surface area contributed by atoms with Crippen molar-refractivity contribution < 1.29 is 19.1 Å². The predicted molar refractivity (Wildman–Crippen MR) is 110 cm³/mol. The van der Waals surface area contributed by atoms with Crippen molar-refractivity contribution >= 4 is 27.8 Å². The number of nitrogens with zero attached hydrogens (tertiary/aromatic N) is 2. The van der Waals surface area contributed by atoms with Crippen LogP contribution in [0.3, 0.4) is 0 Å². The number of nitrogens with two attached hydrogens (primary N) is 1. The highest BCUT2D eigenvalue weighted by molar-refractivity contribution is 9.10. The van der Waals surface area contributed by atoms with Crippen LogP contribution >= 0.6 is 15.9 Å². The maximum absolute atomic E-state index is 12.8. The van der Waals surface area contributed by atoms with Crippen LogP contribution in [0.25, 0.3) is 11.5 Å². The normalized spacial score (nSPS) is 11.4. The largest absolute Gasteiger partial charge is 0.480 e. The average Bonchev–Trinajstić information content (AvgIpc) is 3.05. The quantitative estimate of drug-likeness (QED) is 0.566. The minimum atomic E-state index is -1.09. The average molecular weight is 448 g/mol. The zero-order chi connectivity index (χ0) is 20.5. The van der Waals surface area contributed by atoms with E-state index in [1.807, 2.05) is 36.4 Å². The summed E-state index contributed by atoms with van der Waals surface area (Å²) in [5, 5.41) is 9.15. The second-order valence-electron chi connectivity index (χ2n) is 5.98. The fraction of sp³-hybridized carbons (Fsp3) is 0.250. The first-order valence-corrected chi connectivity index (χ1v) is 9.48. The van der Waals surface area contributed by atoms with Crippen LogP contribution in [0.4, 0.5) is 0 Å². The van der Waals surface area contributed by atoms with E-state index in [0.717, 1.165) is 10.0 Å². The molecule has 0 aliphatic heterocycles. The highest BCUT2D eigenvalue weighted by Gasteiger charge is 2.24. The summed E-state index contributed by atoms with van der Waals surface area (Å²) in [7, 11) is 0. The summed E-state index contributed by atoms with van der Waals surface area (Å²) in [4.78, 5) is 29.6. The molecule has 2 aromatic rings. The number of hydrogen-bond acceptors (Lipinski definition) is 5. The molecule has 0 spiro atoms. The van der Waals surface area contributed by atoms with Gasteiger partial charge in [-0.15, -0.1) is 0 Å². The third-order valence-electron chi connectivity index (χ3n) is 3.84. The number of carbonyl (C=O) groups is 2. The summed E-state index contributed by atoms with van der Waals surface area (Å²) >= 11 is 3.36. The molecule has 3 N–H and O–H groups in total. The van der Waals surface area contributed by atoms with Crippen LogP contribution in [0.5, 0.6) is 0 Å². The van der Waals surface area contributed by atoms with Crippen LogP contribution in [0.15, 0.2) is 57.6 Å². The van der Waals surface area contributed by atoms with Crippen LogP contribution in [-0.2, 0) is 4.79 Å². The lowest BCUT2D eigenvalue weighted by Gasteiger charge is -2.18. The van der Waals surface area contributed by atoms with Gasteiger partial charge in [-0.3, -0.25) is 9.59 Å². The van der Waals surface area contributed by atoms with Crippen LogP contribution in [0.1, 0.15) is 29.1 Å². The summed E-state index contributed by atoms with van der Waals surface area (Å²) in [5.74, 6) is -0.890. The summed E-state index contributed by atoms with van der Waals surface area (Å²) in [6.07, 6.45) is 8.24. The second kappa shape index (κ2) is 10.5. The summed E-state index contributed by atoms with van der Waals surface area (Å²) in [6.45, 7) is 1.49. The maximum Gasteiger partial charge on any atom is 0.323 e. The highest BCUT2D eigenvalue weighted by atomic mass is 79.9. The number of halogens is 1. The number of aliphatic carboxylic acids is 1. The molecule has 148 valence electrons. The zero-order valence-corrected chi connectivity index (χ0v) is 17.1. The Morgan fingerprint density at radius 1 is 1.25 bits per heavy atom. The van der Waals surface area contributed by atoms with Gasteiger partial charge in [0.1, 0.15) is 12.3 Å². The summed E-state index contributed by atoms with van der Waals surface area (Å²) in [6, 6.07) is 7.33. The minimum absolute atomic E-state index is 0.120. The summed E-state index contributed by atoms with van der Waals surface area (Å²) in [5.41, 5.74) is 6.11. The molecule has 1 amide bonds. The Kier molecular flexibility index (Phi) is 8.01. The molecule has 0 radical (unpaired) electrons. The number of allylic oxidation sites excluding steroid dienone is 2. The number of rotatable bonds is 9. The number of oxazole rings is 1. The molecule has 7 nitrogen and oxygen atoms in total. The number of carboxylic acids is 1. The molecule has 0 aliphatic rings. The molecule has 1 aromatic carbocycles. The molecule has 0 atom stereocenters. The van der Waals surface area contributed by atoms with Crippen molar-refractivity contribution in [3.63, 3.8) is 0 Å². The molecule has 0 fully saturated rings. The van der Waals surface area contributed by atoms with Gasteiger partial charge < -0.3 is 20.2 Å². The number of benzene rings is 1. The van der Waals surface area contributed by atoms with Gasteiger partial charge >= 0.3 is 5.97 Å². The van der Waals surface area contributed by atoms with Gasteiger partial charge in [-0.05, 0) is 50.2 Å². The van der Waals surface area contributed by atoms with Gasteiger partial charge in [0, 0.05) is 16.6 Å². The third-order valence-corrected chi connectivity index (χ3v) is 4.37. The molecule has 0 bridgehead atoms. The highest BCUT2D eigenvalue weighted by Crippen LogP contribution is 2.24. The van der Waals surface area contributed by atoms with Gasteiger partial charge in [0.15, 0.2) is 5.69 Å². The van der Waals surface area contributed by atoms with Crippen molar-refractivity contribution in [2.24, 2.45) is 5.73 Å². The maximum atomic E-state index is 12.8. The minimum Gasteiger partial charge on any atom is -0.480 e. The van der Waals surface area contributed by atoms with Crippen molar-refractivity contribution in [3.8, 4) is 11.5 Å². The molecule has 1 heterocycles. The number of carboxylic acid groups (broad SMARTS) is 1. The molecule has 0 aliphatic carbocycles. The number of hydrogen-bond donors (Lipinski definition) is 2. The molecule has 0 saturated carbocycles. The van der Waals surface area contributed by atoms with Crippen LogP contribution in [-0.4, -0.2) is 40.0 Å². The van der Waals surface area contributed by atoms with Crippen molar-refractivity contribution in [2.45, 2.75) is 19.8 Å². The Morgan fingerprint density at radius 2 is 1.96 bits per heavy atom. The molecule has 1 aromatic heterocycles. The van der Waals surface area contributed by atoms with E-state index < -0.39 is 18.4 Å². The smallest absolute Gasteiger partial charge is 0.323 e. The Labute approximate surface area is 171 Å². The van der Waals surface area contributed by atoms with E-state index in [9.17, 15) is 9.59 Å². The summed E-state index contributed by atoms with van der Waals surface area (Å²) < 4.78 is 6.55. The Bertz CT molecular complexity index is 872. The van der Waals surface area contributed by atoms with Crippen LogP contribution < -0.4 is 5.73 Å². The van der Waals surface area contributed by atoms with Gasteiger partial charge in [0.2, 0.25) is 5.89 Å². The van der Waals surface area contributed by atoms with Gasteiger partial charge in [-0.2, -0.15) is 0 Å². The first-order valence-electron chi connectivity index (χ1n) is 8.68. The monoisotopic (exact) mass is 447 g/mol. The SMILES string of the molecule is Cc1oc(-c2ccc(Br)cc2)nc1C(=O)N(CC/C=C\C/C=C\N)CC(=O)O. The molecule has 0 saturated heterocycles. The molecular formula is C20H22BrN3O4. The standard InChI is InChI=1S/C20H22BrN3O4/c1-14-18(23-19(28-14)15-7-9-16(21)10-8-15)20(27)24(13-17(25)26)12-6-4-2-3-5-11-22/h2,4-5,7-11H,3,6,12-13,22H2,1H3,(H,25,26)/b4-2-,11-5-.